The van der Waals surface area contributed by atoms with Crippen LogP contribution in [-0.2, 0) is 28.5 Å². The van der Waals surface area contributed by atoms with Crippen LogP contribution in [0.15, 0.2) is 54.6 Å². The highest BCUT2D eigenvalue weighted by molar-refractivity contribution is 7.87. The number of hydrogen-bond donors (Lipinski definition) is 2. The van der Waals surface area contributed by atoms with Crippen molar-refractivity contribution in [3.05, 3.63) is 65.7 Å². The molecule has 0 saturated carbocycles. The molecule has 1 heterocycles. The van der Waals surface area contributed by atoms with Crippen molar-refractivity contribution in [3.63, 3.8) is 0 Å². The molecule has 2 aromatic carbocycles. The van der Waals surface area contributed by atoms with Crippen LogP contribution >= 0.6 is 0 Å². The van der Waals surface area contributed by atoms with E-state index in [4.69, 9.17) is 4.74 Å². The Morgan fingerprint density at radius 1 is 1.03 bits per heavy atom. The molecule has 0 radical (unpaired) electrons. The van der Waals surface area contributed by atoms with E-state index in [-0.39, 0.29) is 11.6 Å². The quantitative estimate of drug-likeness (QED) is 0.489. The first kappa shape index (κ1) is 24.7. The molecule has 0 atom stereocenters. The molecule has 0 aliphatic heterocycles. The number of nitrogens with one attached hydrogen (secondary N) is 2. The van der Waals surface area contributed by atoms with Crippen molar-refractivity contribution in [2.75, 3.05) is 7.05 Å². The summed E-state index contributed by atoms with van der Waals surface area (Å²) in [4.78, 5) is 0. The van der Waals surface area contributed by atoms with Gasteiger partial charge in [0.25, 0.3) is 10.2 Å². The van der Waals surface area contributed by atoms with E-state index in [1.54, 1.807) is 24.6 Å². The summed E-state index contributed by atoms with van der Waals surface area (Å²) in [5, 5.41) is 4.39. The first-order valence-corrected chi connectivity index (χ1v) is 11.6. The van der Waals surface area contributed by atoms with E-state index in [1.807, 2.05) is 31.2 Å². The zero-order valence-corrected chi connectivity index (χ0v) is 19.4. The molecule has 1 aromatic heterocycles. The Balaban J connectivity index is 1.90. The van der Waals surface area contributed by atoms with E-state index in [0.29, 0.717) is 12.2 Å². The summed E-state index contributed by atoms with van der Waals surface area (Å²) in [6.07, 6.45) is -4.42. The maximum absolute atomic E-state index is 12.8. The molecule has 7 nitrogen and oxygen atoms in total. The van der Waals surface area contributed by atoms with Gasteiger partial charge in [0.2, 0.25) is 5.88 Å². The van der Waals surface area contributed by atoms with Gasteiger partial charge in [0.15, 0.2) is 0 Å². The summed E-state index contributed by atoms with van der Waals surface area (Å²) in [6.45, 7) is 5.91. The zero-order valence-electron chi connectivity index (χ0n) is 18.6. The number of benzene rings is 2. The van der Waals surface area contributed by atoms with Gasteiger partial charge in [0.1, 0.15) is 5.75 Å². The van der Waals surface area contributed by atoms with E-state index in [1.165, 1.54) is 19.2 Å². The maximum atomic E-state index is 12.8. The molecule has 0 spiro atoms. The fourth-order valence-corrected chi connectivity index (χ4v) is 4.15. The van der Waals surface area contributed by atoms with Crippen molar-refractivity contribution in [3.8, 4) is 22.9 Å². The SMILES string of the molecule is CCn1nc(Oc2ccc(C(F)(F)F)cc2)cc1-c1cccc(C(C)(C)NS(=O)(=O)NC)c1. The first-order valence-electron chi connectivity index (χ1n) is 10.1. The highest BCUT2D eigenvalue weighted by Gasteiger charge is 2.30. The number of hydrogen-bond acceptors (Lipinski definition) is 4. The van der Waals surface area contributed by atoms with E-state index in [9.17, 15) is 21.6 Å². The standard InChI is InChI=1S/C22H25F3N4O3S/c1-5-29-19(14-20(27-29)32-18-11-9-16(10-12-18)22(23,24)25)15-7-6-8-17(13-15)21(2,3)28-33(30,31)26-4/h6-14,26,28H,5H2,1-4H3. The summed E-state index contributed by atoms with van der Waals surface area (Å²) < 4.78 is 74.5. The van der Waals surface area contributed by atoms with Crippen LogP contribution in [0.4, 0.5) is 13.2 Å². The number of alkyl halides is 3. The number of aromatic nitrogens is 2. The van der Waals surface area contributed by atoms with E-state index >= 15 is 0 Å². The van der Waals surface area contributed by atoms with Crippen molar-refractivity contribution < 1.29 is 26.3 Å². The Morgan fingerprint density at radius 2 is 1.70 bits per heavy atom. The molecule has 33 heavy (non-hydrogen) atoms. The van der Waals surface area contributed by atoms with Crippen LogP contribution in [-0.4, -0.2) is 25.2 Å². The Bertz CT molecular complexity index is 1220. The highest BCUT2D eigenvalue weighted by Crippen LogP contribution is 2.33. The van der Waals surface area contributed by atoms with Gasteiger partial charge in [-0.05, 0) is 56.7 Å². The third-order valence-electron chi connectivity index (χ3n) is 5.00. The highest BCUT2D eigenvalue weighted by atomic mass is 32.2. The Labute approximate surface area is 190 Å². The van der Waals surface area contributed by atoms with Crippen LogP contribution < -0.4 is 14.2 Å². The van der Waals surface area contributed by atoms with Gasteiger partial charge in [-0.25, -0.2) is 4.72 Å². The maximum Gasteiger partial charge on any atom is 0.416 e. The second-order valence-electron chi connectivity index (χ2n) is 7.82. The van der Waals surface area contributed by atoms with Gasteiger partial charge >= 0.3 is 6.18 Å². The molecule has 11 heteroatoms. The van der Waals surface area contributed by atoms with Crippen molar-refractivity contribution in [2.45, 2.75) is 39.0 Å². The molecular weight excluding hydrogens is 457 g/mol. The van der Waals surface area contributed by atoms with Gasteiger partial charge in [0, 0.05) is 25.2 Å². The average Bonchev–Trinajstić information content (AvgIpc) is 3.16. The molecular formula is C22H25F3N4O3S. The van der Waals surface area contributed by atoms with Crippen LogP contribution in [0.2, 0.25) is 0 Å². The Hall–Kier alpha value is -2.89. The van der Waals surface area contributed by atoms with Crippen LogP contribution in [0, 0.1) is 0 Å². The third kappa shape index (κ3) is 5.92. The molecule has 0 aliphatic carbocycles. The van der Waals surface area contributed by atoms with Gasteiger partial charge in [0.05, 0.1) is 16.8 Å². The molecule has 2 N–H and O–H groups in total. The van der Waals surface area contributed by atoms with Gasteiger partial charge in [-0.15, -0.1) is 5.10 Å². The molecule has 3 aromatic rings. The van der Waals surface area contributed by atoms with Gasteiger partial charge < -0.3 is 4.74 Å². The molecule has 0 aliphatic rings. The Kier molecular flexibility index (Phi) is 6.87. The molecule has 0 saturated heterocycles. The molecule has 0 unspecified atom stereocenters. The minimum Gasteiger partial charge on any atom is -0.438 e. The zero-order chi connectivity index (χ0) is 24.4. The van der Waals surface area contributed by atoms with E-state index < -0.39 is 27.5 Å². The van der Waals surface area contributed by atoms with E-state index in [0.717, 1.165) is 23.3 Å². The lowest BCUT2D eigenvalue weighted by Gasteiger charge is -2.26. The molecule has 3 rings (SSSR count). The van der Waals surface area contributed by atoms with Crippen LogP contribution in [0.5, 0.6) is 11.6 Å². The lowest BCUT2D eigenvalue weighted by atomic mass is 9.93. The summed E-state index contributed by atoms with van der Waals surface area (Å²) in [5.74, 6) is 0.457. The molecule has 0 fully saturated rings. The monoisotopic (exact) mass is 482 g/mol. The normalized spacial score (nSPS) is 12.7. The van der Waals surface area contributed by atoms with E-state index in [2.05, 4.69) is 14.5 Å². The smallest absolute Gasteiger partial charge is 0.416 e. The number of nitrogens with zero attached hydrogens (tertiary/aromatic N) is 2. The predicted molar refractivity (Wildman–Crippen MR) is 119 cm³/mol. The van der Waals surface area contributed by atoms with Gasteiger partial charge in [-0.2, -0.15) is 26.3 Å². The molecule has 178 valence electrons. The lowest BCUT2D eigenvalue weighted by molar-refractivity contribution is -0.137. The second kappa shape index (κ2) is 9.16. The van der Waals surface area contributed by atoms with Gasteiger partial charge in [-0.1, -0.05) is 18.2 Å². The van der Waals surface area contributed by atoms with Gasteiger partial charge in [-0.3, -0.25) is 4.68 Å². The van der Waals surface area contributed by atoms with Crippen LogP contribution in [0.3, 0.4) is 0 Å². The second-order valence-corrected chi connectivity index (χ2v) is 9.44. The fourth-order valence-electron chi connectivity index (χ4n) is 3.26. The summed E-state index contributed by atoms with van der Waals surface area (Å²) in [7, 11) is -2.34. The minimum atomic E-state index is -4.42. The predicted octanol–water partition coefficient (Wildman–Crippen LogP) is 4.67. The van der Waals surface area contributed by atoms with Crippen molar-refractivity contribution in [1.82, 2.24) is 19.2 Å². The first-order chi connectivity index (χ1) is 15.3. The third-order valence-corrected chi connectivity index (χ3v) is 6.32. The van der Waals surface area contributed by atoms with Crippen molar-refractivity contribution in [2.24, 2.45) is 0 Å². The summed E-state index contributed by atoms with van der Waals surface area (Å²) in [5.41, 5.74) is 0.569. The molecule has 0 amide bonds. The fraction of sp³-hybridized carbons (Fsp3) is 0.318. The number of aryl methyl sites for hydroxylation is 1. The number of halogens is 3. The largest absolute Gasteiger partial charge is 0.438 e. The van der Waals surface area contributed by atoms with Crippen molar-refractivity contribution >= 4 is 10.2 Å². The van der Waals surface area contributed by atoms with Crippen LogP contribution in [0.25, 0.3) is 11.3 Å². The lowest BCUT2D eigenvalue weighted by Crippen LogP contribution is -2.45. The minimum absolute atomic E-state index is 0.228. The number of ether oxygens (including phenoxy) is 1. The topological polar surface area (TPSA) is 85.2 Å². The number of rotatable bonds is 8. The average molecular weight is 483 g/mol. The summed E-state index contributed by atoms with van der Waals surface area (Å²) in [6, 6.07) is 13.4. The molecule has 0 bridgehead atoms. The summed E-state index contributed by atoms with van der Waals surface area (Å²) >= 11 is 0. The Morgan fingerprint density at radius 3 is 2.27 bits per heavy atom. The van der Waals surface area contributed by atoms with Crippen molar-refractivity contribution in [1.29, 1.82) is 0 Å². The van der Waals surface area contributed by atoms with Crippen LogP contribution in [0.1, 0.15) is 31.9 Å².